The molecule has 98 valence electrons. The summed E-state index contributed by atoms with van der Waals surface area (Å²) in [6, 6.07) is 0. The van der Waals surface area contributed by atoms with Gasteiger partial charge in [-0.3, -0.25) is 4.79 Å². The number of hydrogen-bond donors (Lipinski definition) is 3. The maximum Gasteiger partial charge on any atom is 0.365 e. The number of aromatic nitrogens is 1. The van der Waals surface area contributed by atoms with E-state index in [1.165, 1.54) is 0 Å². The lowest BCUT2D eigenvalue weighted by molar-refractivity contribution is -0.122. The Morgan fingerprint density at radius 3 is 2.83 bits per heavy atom. The van der Waals surface area contributed by atoms with Crippen molar-refractivity contribution in [2.75, 3.05) is 13.1 Å². The van der Waals surface area contributed by atoms with E-state index in [0.29, 0.717) is 25.3 Å². The number of carbonyl (C=O) groups excluding carboxylic acids is 1. The van der Waals surface area contributed by atoms with Crippen LogP contribution in [0.2, 0.25) is 0 Å². The van der Waals surface area contributed by atoms with E-state index < -0.39 is 5.97 Å². The molecule has 7 heteroatoms. The minimum Gasteiger partial charge on any atom is -0.476 e. The van der Waals surface area contributed by atoms with Gasteiger partial charge in [-0.1, -0.05) is 0 Å². The maximum atomic E-state index is 11.3. The van der Waals surface area contributed by atoms with Crippen molar-refractivity contribution in [3.05, 3.63) is 16.1 Å². The van der Waals surface area contributed by atoms with Crippen LogP contribution < -0.4 is 10.6 Å². The van der Waals surface area contributed by atoms with Crippen LogP contribution >= 0.6 is 11.3 Å². The lowest BCUT2D eigenvalue weighted by Gasteiger charge is -2.04. The van der Waals surface area contributed by atoms with Crippen LogP contribution in [0.3, 0.4) is 0 Å². The molecule has 3 N–H and O–H groups in total. The smallest absolute Gasteiger partial charge is 0.365 e. The molecule has 1 aromatic heterocycles. The van der Waals surface area contributed by atoms with E-state index >= 15 is 0 Å². The number of hydrogen-bond acceptors (Lipinski definition) is 5. The van der Waals surface area contributed by atoms with Crippen molar-refractivity contribution < 1.29 is 14.7 Å². The minimum atomic E-state index is -0.997. The first kappa shape index (κ1) is 13.0. The number of aromatic carboxylic acids is 1. The van der Waals surface area contributed by atoms with Crippen molar-refractivity contribution in [2.45, 2.75) is 19.4 Å². The number of carbonyl (C=O) groups is 2. The molecule has 0 radical (unpaired) electrons. The Bertz CT molecular complexity index is 442. The summed E-state index contributed by atoms with van der Waals surface area (Å²) in [5.41, 5.74) is 0.714. The molecule has 2 rings (SSSR count). The Balaban J connectivity index is 1.59. The summed E-state index contributed by atoms with van der Waals surface area (Å²) in [6.45, 7) is 1.76. The predicted molar refractivity (Wildman–Crippen MR) is 66.5 cm³/mol. The summed E-state index contributed by atoms with van der Waals surface area (Å²) >= 11 is 1.12. The summed E-state index contributed by atoms with van der Waals surface area (Å²) < 4.78 is 0. The molecule has 1 aliphatic carbocycles. The van der Waals surface area contributed by atoms with E-state index in [9.17, 15) is 9.59 Å². The van der Waals surface area contributed by atoms with Gasteiger partial charge in [0.1, 0.15) is 0 Å². The number of nitrogens with zero attached hydrogens (tertiary/aromatic N) is 1. The highest BCUT2D eigenvalue weighted by atomic mass is 32.1. The Morgan fingerprint density at radius 1 is 1.44 bits per heavy atom. The highest BCUT2D eigenvalue weighted by molar-refractivity contribution is 7.11. The topological polar surface area (TPSA) is 91.3 Å². The molecule has 6 nitrogen and oxygen atoms in total. The first-order chi connectivity index (χ1) is 8.66. The van der Waals surface area contributed by atoms with Gasteiger partial charge in [0.25, 0.3) is 0 Å². The van der Waals surface area contributed by atoms with Gasteiger partial charge in [-0.05, 0) is 12.8 Å². The lowest BCUT2D eigenvalue weighted by atomic mass is 10.4. The normalized spacial score (nSPS) is 14.4. The second-order valence-electron chi connectivity index (χ2n) is 4.19. The fourth-order valence-electron chi connectivity index (χ4n) is 1.47. The van der Waals surface area contributed by atoms with Gasteiger partial charge in [-0.2, -0.15) is 0 Å². The Labute approximate surface area is 108 Å². The molecule has 1 heterocycles. The van der Waals surface area contributed by atoms with E-state index in [0.717, 1.165) is 24.2 Å². The van der Waals surface area contributed by atoms with Crippen LogP contribution in [-0.2, 0) is 11.3 Å². The van der Waals surface area contributed by atoms with Gasteiger partial charge < -0.3 is 15.7 Å². The van der Waals surface area contributed by atoms with Crippen molar-refractivity contribution in [1.29, 1.82) is 0 Å². The largest absolute Gasteiger partial charge is 0.476 e. The average Bonchev–Trinajstić information content (AvgIpc) is 3.08. The molecule has 0 atom stereocenters. The van der Waals surface area contributed by atoms with Gasteiger partial charge in [0.05, 0.1) is 5.69 Å². The molecule has 1 aliphatic rings. The Kier molecular flexibility index (Phi) is 4.27. The third-order valence-electron chi connectivity index (χ3n) is 2.59. The Morgan fingerprint density at radius 2 is 2.22 bits per heavy atom. The van der Waals surface area contributed by atoms with Gasteiger partial charge in [0, 0.05) is 30.9 Å². The van der Waals surface area contributed by atoms with E-state index in [2.05, 4.69) is 15.6 Å². The average molecular weight is 269 g/mol. The van der Waals surface area contributed by atoms with E-state index in [-0.39, 0.29) is 16.8 Å². The van der Waals surface area contributed by atoms with Crippen LogP contribution in [0, 0.1) is 5.92 Å². The van der Waals surface area contributed by atoms with Gasteiger partial charge in [-0.15, -0.1) is 11.3 Å². The van der Waals surface area contributed by atoms with Crippen LogP contribution in [0.1, 0.15) is 28.3 Å². The van der Waals surface area contributed by atoms with Crippen LogP contribution in [0.5, 0.6) is 0 Å². The fraction of sp³-hybridized carbons (Fsp3) is 0.545. The first-order valence-electron chi connectivity index (χ1n) is 5.83. The second-order valence-corrected chi connectivity index (χ2v) is 5.05. The summed E-state index contributed by atoms with van der Waals surface area (Å²) in [7, 11) is 0. The summed E-state index contributed by atoms with van der Waals surface area (Å²) in [5.74, 6) is -0.622. The standard InChI is InChI=1S/C11H15N3O3S/c15-9(7-1-2-7)13-4-3-12-5-8-6-18-10(14-8)11(16)17/h6-7,12H,1-5H2,(H,13,15)(H,16,17). The molecule has 0 aromatic carbocycles. The molecular formula is C11H15N3O3S. The molecule has 0 spiro atoms. The van der Waals surface area contributed by atoms with Gasteiger partial charge in [0.15, 0.2) is 0 Å². The zero-order chi connectivity index (χ0) is 13.0. The van der Waals surface area contributed by atoms with Crippen LogP contribution in [-0.4, -0.2) is 35.1 Å². The number of amides is 1. The Hall–Kier alpha value is -1.47. The summed E-state index contributed by atoms with van der Waals surface area (Å²) in [4.78, 5) is 25.9. The predicted octanol–water partition coefficient (Wildman–Crippen LogP) is 0.457. The minimum absolute atomic E-state index is 0.105. The fourth-order valence-corrected chi connectivity index (χ4v) is 2.12. The van der Waals surface area contributed by atoms with Gasteiger partial charge >= 0.3 is 5.97 Å². The molecule has 1 amide bonds. The number of rotatable bonds is 7. The quantitative estimate of drug-likeness (QED) is 0.625. The molecule has 0 aliphatic heterocycles. The number of carboxylic acid groups (broad SMARTS) is 1. The van der Waals surface area contributed by atoms with Gasteiger partial charge in [-0.25, -0.2) is 9.78 Å². The van der Waals surface area contributed by atoms with Crippen molar-refractivity contribution in [3.8, 4) is 0 Å². The monoisotopic (exact) mass is 269 g/mol. The van der Waals surface area contributed by atoms with Crippen LogP contribution in [0.4, 0.5) is 0 Å². The lowest BCUT2D eigenvalue weighted by Crippen LogP contribution is -2.32. The van der Waals surface area contributed by atoms with Gasteiger partial charge in [0.2, 0.25) is 10.9 Å². The number of thiazole rings is 1. The molecule has 1 fully saturated rings. The van der Waals surface area contributed by atoms with Crippen molar-refractivity contribution in [3.63, 3.8) is 0 Å². The second kappa shape index (κ2) is 5.92. The zero-order valence-corrected chi connectivity index (χ0v) is 10.6. The summed E-state index contributed by atoms with van der Waals surface area (Å²) in [5, 5.41) is 16.5. The molecule has 0 saturated heterocycles. The number of nitrogens with one attached hydrogen (secondary N) is 2. The molecule has 0 unspecified atom stereocenters. The molecule has 1 aromatic rings. The van der Waals surface area contributed by atoms with Crippen molar-refractivity contribution in [1.82, 2.24) is 15.6 Å². The highest BCUT2D eigenvalue weighted by Gasteiger charge is 2.28. The molecule has 0 bridgehead atoms. The van der Waals surface area contributed by atoms with E-state index in [1.807, 2.05) is 0 Å². The van der Waals surface area contributed by atoms with Crippen LogP contribution in [0.25, 0.3) is 0 Å². The third kappa shape index (κ3) is 3.78. The molecular weight excluding hydrogens is 254 g/mol. The molecule has 1 saturated carbocycles. The van der Waals surface area contributed by atoms with E-state index in [4.69, 9.17) is 5.11 Å². The summed E-state index contributed by atoms with van der Waals surface area (Å²) in [6.07, 6.45) is 2.02. The first-order valence-corrected chi connectivity index (χ1v) is 6.71. The third-order valence-corrected chi connectivity index (χ3v) is 3.47. The van der Waals surface area contributed by atoms with E-state index in [1.54, 1.807) is 5.38 Å². The highest BCUT2D eigenvalue weighted by Crippen LogP contribution is 2.28. The van der Waals surface area contributed by atoms with Crippen molar-refractivity contribution in [2.24, 2.45) is 5.92 Å². The number of carboxylic acids is 1. The molecule has 18 heavy (non-hydrogen) atoms. The SMILES string of the molecule is O=C(O)c1nc(CNCCNC(=O)C2CC2)cs1. The van der Waals surface area contributed by atoms with Crippen molar-refractivity contribution >= 4 is 23.2 Å². The maximum absolute atomic E-state index is 11.3. The zero-order valence-electron chi connectivity index (χ0n) is 9.81. The van der Waals surface area contributed by atoms with Crippen LogP contribution in [0.15, 0.2) is 5.38 Å².